The topological polar surface area (TPSA) is 42.7 Å². The maximum Gasteiger partial charge on any atom is 0.129 e. The lowest BCUT2D eigenvalue weighted by Crippen LogP contribution is -2.05. The smallest absolute Gasteiger partial charge is 0.129 e. The first-order valence-electron chi connectivity index (χ1n) is 5.89. The van der Waals surface area contributed by atoms with Crippen molar-refractivity contribution in [2.45, 2.75) is 6.54 Å². The van der Waals surface area contributed by atoms with Crippen LogP contribution in [0.4, 0.5) is 5.69 Å². The Morgan fingerprint density at radius 2 is 2.00 bits per heavy atom. The van der Waals surface area contributed by atoms with Crippen LogP contribution in [-0.2, 0) is 13.6 Å². The molecule has 18 heavy (non-hydrogen) atoms. The van der Waals surface area contributed by atoms with Gasteiger partial charge in [-0.05, 0) is 18.2 Å². The van der Waals surface area contributed by atoms with E-state index in [-0.39, 0.29) is 0 Å². The highest BCUT2D eigenvalue weighted by molar-refractivity contribution is 5.74. The highest BCUT2D eigenvalue weighted by Gasteiger charge is 2.06. The molecule has 1 N–H and O–H groups in total. The fraction of sp³-hybridized carbons (Fsp3) is 0.143. The Labute approximate surface area is 105 Å². The van der Waals surface area contributed by atoms with Crippen LogP contribution in [0.2, 0.25) is 0 Å². The van der Waals surface area contributed by atoms with Crippen LogP contribution < -0.4 is 5.32 Å². The Bertz CT molecular complexity index is 658. The van der Waals surface area contributed by atoms with Gasteiger partial charge in [-0.1, -0.05) is 18.2 Å². The molecule has 0 bridgehead atoms. The van der Waals surface area contributed by atoms with E-state index in [2.05, 4.69) is 19.9 Å². The summed E-state index contributed by atoms with van der Waals surface area (Å²) >= 11 is 0. The molecule has 0 radical (unpaired) electrons. The summed E-state index contributed by atoms with van der Waals surface area (Å²) in [6.45, 7) is 0.704. The van der Waals surface area contributed by atoms with Crippen LogP contribution in [0.15, 0.2) is 48.8 Å². The fourth-order valence-corrected chi connectivity index (χ4v) is 2.00. The van der Waals surface area contributed by atoms with Crippen molar-refractivity contribution in [2.75, 3.05) is 5.32 Å². The molecule has 0 aliphatic heterocycles. The van der Waals surface area contributed by atoms with E-state index in [1.54, 1.807) is 12.4 Å². The van der Waals surface area contributed by atoms with Crippen LogP contribution in [0, 0.1) is 0 Å². The Hall–Kier alpha value is -2.36. The number of aryl methyl sites for hydroxylation is 1. The van der Waals surface area contributed by atoms with Gasteiger partial charge in [-0.2, -0.15) is 0 Å². The second-order valence-corrected chi connectivity index (χ2v) is 4.17. The van der Waals surface area contributed by atoms with Crippen LogP contribution in [0.5, 0.6) is 0 Å². The van der Waals surface area contributed by atoms with Gasteiger partial charge >= 0.3 is 0 Å². The number of hydrogen-bond donors (Lipinski definition) is 1. The summed E-state index contributed by atoms with van der Waals surface area (Å²) in [5, 5.41) is 3.36. The summed E-state index contributed by atoms with van der Waals surface area (Å²) in [7, 11) is 2.03. The number of nitrogens with one attached hydrogen (secondary N) is 1. The standard InChI is InChI=1S/C14H14N4/c1-18-13-7-8-15-9-12(13)17-14(18)10-16-11-5-3-2-4-6-11/h2-9,16H,10H2,1H3. The second-order valence-electron chi connectivity index (χ2n) is 4.17. The van der Waals surface area contributed by atoms with E-state index >= 15 is 0 Å². The van der Waals surface area contributed by atoms with Gasteiger partial charge in [0.25, 0.3) is 0 Å². The molecule has 0 saturated heterocycles. The Morgan fingerprint density at radius 3 is 2.78 bits per heavy atom. The maximum absolute atomic E-state index is 4.57. The Balaban J connectivity index is 1.85. The number of fused-ring (bicyclic) bond motifs is 1. The SMILES string of the molecule is Cn1c(CNc2ccccc2)nc2cnccc21. The van der Waals surface area contributed by atoms with Gasteiger partial charge in [0, 0.05) is 18.9 Å². The van der Waals surface area contributed by atoms with E-state index in [0.717, 1.165) is 22.5 Å². The molecule has 3 aromatic rings. The summed E-state index contributed by atoms with van der Waals surface area (Å²) in [4.78, 5) is 8.65. The van der Waals surface area contributed by atoms with Crippen molar-refractivity contribution in [3.05, 3.63) is 54.6 Å². The van der Waals surface area contributed by atoms with Crippen LogP contribution in [0.1, 0.15) is 5.82 Å². The molecule has 3 rings (SSSR count). The van der Waals surface area contributed by atoms with E-state index in [9.17, 15) is 0 Å². The number of para-hydroxylation sites is 1. The molecular weight excluding hydrogens is 224 g/mol. The van der Waals surface area contributed by atoms with E-state index in [4.69, 9.17) is 0 Å². The maximum atomic E-state index is 4.57. The molecule has 0 spiro atoms. The molecule has 2 heterocycles. The quantitative estimate of drug-likeness (QED) is 0.762. The van der Waals surface area contributed by atoms with Gasteiger partial charge in [0.1, 0.15) is 11.3 Å². The zero-order chi connectivity index (χ0) is 12.4. The van der Waals surface area contributed by atoms with Gasteiger partial charge in [0.2, 0.25) is 0 Å². The van der Waals surface area contributed by atoms with E-state index in [1.165, 1.54) is 0 Å². The lowest BCUT2D eigenvalue weighted by Gasteiger charge is -2.06. The molecule has 90 valence electrons. The Kier molecular flexibility index (Phi) is 2.68. The summed E-state index contributed by atoms with van der Waals surface area (Å²) in [6.07, 6.45) is 3.58. The normalized spacial score (nSPS) is 10.7. The monoisotopic (exact) mass is 238 g/mol. The van der Waals surface area contributed by atoms with Crippen molar-refractivity contribution in [1.29, 1.82) is 0 Å². The number of aromatic nitrogens is 3. The van der Waals surface area contributed by atoms with E-state index in [1.807, 2.05) is 43.4 Å². The average molecular weight is 238 g/mol. The molecule has 1 aromatic carbocycles. The molecule has 4 nitrogen and oxygen atoms in total. The zero-order valence-electron chi connectivity index (χ0n) is 10.2. The predicted molar refractivity (Wildman–Crippen MR) is 72.3 cm³/mol. The summed E-state index contributed by atoms with van der Waals surface area (Å²) in [5.74, 6) is 1.00. The number of anilines is 1. The molecule has 0 aliphatic rings. The van der Waals surface area contributed by atoms with Gasteiger partial charge in [0.15, 0.2) is 0 Å². The minimum absolute atomic E-state index is 0.704. The molecule has 0 atom stereocenters. The largest absolute Gasteiger partial charge is 0.378 e. The molecule has 4 heteroatoms. The molecule has 0 saturated carbocycles. The number of rotatable bonds is 3. The van der Waals surface area contributed by atoms with Crippen LogP contribution >= 0.6 is 0 Å². The first-order chi connectivity index (χ1) is 8.84. The molecule has 0 unspecified atom stereocenters. The van der Waals surface area contributed by atoms with Crippen molar-refractivity contribution in [2.24, 2.45) is 7.05 Å². The minimum atomic E-state index is 0.704. The van der Waals surface area contributed by atoms with E-state index < -0.39 is 0 Å². The van der Waals surface area contributed by atoms with Gasteiger partial charge in [-0.15, -0.1) is 0 Å². The van der Waals surface area contributed by atoms with Crippen molar-refractivity contribution < 1.29 is 0 Å². The van der Waals surface area contributed by atoms with E-state index in [0.29, 0.717) is 6.54 Å². The average Bonchev–Trinajstić information content (AvgIpc) is 2.75. The third kappa shape index (κ3) is 1.93. The zero-order valence-corrected chi connectivity index (χ0v) is 10.2. The van der Waals surface area contributed by atoms with Crippen molar-refractivity contribution in [3.63, 3.8) is 0 Å². The highest BCUT2D eigenvalue weighted by atomic mass is 15.1. The summed E-state index contributed by atoms with van der Waals surface area (Å²) in [5.41, 5.74) is 3.14. The van der Waals surface area contributed by atoms with Gasteiger partial charge in [0.05, 0.1) is 18.3 Å². The second kappa shape index (κ2) is 4.49. The number of benzene rings is 1. The molecule has 2 aromatic heterocycles. The van der Waals surface area contributed by atoms with Gasteiger partial charge in [-0.25, -0.2) is 4.98 Å². The summed E-state index contributed by atoms with van der Waals surface area (Å²) < 4.78 is 2.09. The third-order valence-corrected chi connectivity index (χ3v) is 3.00. The van der Waals surface area contributed by atoms with Gasteiger partial charge < -0.3 is 9.88 Å². The number of imidazole rings is 1. The van der Waals surface area contributed by atoms with Crippen LogP contribution in [0.3, 0.4) is 0 Å². The first kappa shape index (κ1) is 10.8. The minimum Gasteiger partial charge on any atom is -0.378 e. The lowest BCUT2D eigenvalue weighted by atomic mass is 10.3. The van der Waals surface area contributed by atoms with Crippen LogP contribution in [-0.4, -0.2) is 14.5 Å². The molecular formula is C14H14N4. The van der Waals surface area contributed by atoms with Gasteiger partial charge in [-0.3, -0.25) is 4.98 Å². The highest BCUT2D eigenvalue weighted by Crippen LogP contribution is 2.14. The lowest BCUT2D eigenvalue weighted by molar-refractivity contribution is 0.834. The van der Waals surface area contributed by atoms with Crippen LogP contribution in [0.25, 0.3) is 11.0 Å². The van der Waals surface area contributed by atoms with Crippen molar-refractivity contribution in [3.8, 4) is 0 Å². The Morgan fingerprint density at radius 1 is 1.17 bits per heavy atom. The first-order valence-corrected chi connectivity index (χ1v) is 5.89. The fourth-order valence-electron chi connectivity index (χ4n) is 2.00. The molecule has 0 aliphatic carbocycles. The third-order valence-electron chi connectivity index (χ3n) is 3.00. The number of hydrogen-bond acceptors (Lipinski definition) is 3. The molecule has 0 fully saturated rings. The predicted octanol–water partition coefficient (Wildman–Crippen LogP) is 2.58. The number of pyridine rings is 1. The summed E-state index contributed by atoms with van der Waals surface area (Å²) in [6, 6.07) is 12.1. The number of nitrogens with zero attached hydrogens (tertiary/aromatic N) is 3. The van der Waals surface area contributed by atoms with Crippen molar-refractivity contribution >= 4 is 16.7 Å². The van der Waals surface area contributed by atoms with Crippen molar-refractivity contribution in [1.82, 2.24) is 14.5 Å². The molecule has 0 amide bonds.